The Morgan fingerprint density at radius 3 is 2.54 bits per heavy atom. The van der Waals surface area contributed by atoms with Crippen molar-refractivity contribution in [2.24, 2.45) is 7.05 Å². The van der Waals surface area contributed by atoms with Gasteiger partial charge in [-0.15, -0.1) is 21.5 Å². The standard InChI is InChI=1S/C25H30N6O2S2/c1-7-19-17(5)34-13-20(19)23-27-28-25(30(23)15(2)3)35-14-21(32)26-22-16(4)29(6)31(24(22)33)18-11-9-8-10-12-18/h8-13,15H,7,14H2,1-6H3,(H,26,32). The summed E-state index contributed by atoms with van der Waals surface area (Å²) in [5.41, 5.74) is 3.84. The van der Waals surface area contributed by atoms with Crippen molar-refractivity contribution in [2.45, 2.75) is 52.2 Å². The van der Waals surface area contributed by atoms with Gasteiger partial charge in [-0.1, -0.05) is 36.9 Å². The molecule has 0 unspecified atom stereocenters. The molecule has 4 rings (SSSR count). The molecule has 0 fully saturated rings. The topological polar surface area (TPSA) is 86.7 Å². The van der Waals surface area contributed by atoms with E-state index in [9.17, 15) is 9.59 Å². The van der Waals surface area contributed by atoms with E-state index >= 15 is 0 Å². The zero-order valence-corrected chi connectivity index (χ0v) is 22.5. The number of para-hydroxylation sites is 1. The van der Waals surface area contributed by atoms with Gasteiger partial charge in [0.05, 0.1) is 17.1 Å². The Bertz CT molecular complexity index is 1410. The van der Waals surface area contributed by atoms with Gasteiger partial charge in [0.25, 0.3) is 5.56 Å². The summed E-state index contributed by atoms with van der Waals surface area (Å²) in [4.78, 5) is 27.2. The highest BCUT2D eigenvalue weighted by atomic mass is 32.2. The number of amides is 1. The second-order valence-corrected chi connectivity index (χ2v) is 10.6. The van der Waals surface area contributed by atoms with E-state index in [1.54, 1.807) is 27.7 Å². The van der Waals surface area contributed by atoms with Crippen LogP contribution >= 0.6 is 23.1 Å². The van der Waals surface area contributed by atoms with Crippen molar-refractivity contribution < 1.29 is 4.79 Å². The first-order valence-electron chi connectivity index (χ1n) is 11.5. The van der Waals surface area contributed by atoms with Gasteiger partial charge < -0.3 is 5.32 Å². The van der Waals surface area contributed by atoms with Crippen LogP contribution in [0.15, 0.2) is 45.7 Å². The number of aromatic nitrogens is 5. The predicted molar refractivity (Wildman–Crippen MR) is 143 cm³/mol. The van der Waals surface area contributed by atoms with E-state index in [1.165, 1.54) is 22.2 Å². The number of carbonyl (C=O) groups excluding carboxylic acids is 1. The van der Waals surface area contributed by atoms with E-state index in [0.717, 1.165) is 23.5 Å². The maximum atomic E-state index is 13.1. The van der Waals surface area contributed by atoms with E-state index in [0.29, 0.717) is 10.9 Å². The number of nitrogens with one attached hydrogen (secondary N) is 1. The maximum Gasteiger partial charge on any atom is 0.295 e. The first-order valence-corrected chi connectivity index (χ1v) is 13.4. The van der Waals surface area contributed by atoms with Crippen molar-refractivity contribution in [1.82, 2.24) is 24.1 Å². The normalized spacial score (nSPS) is 11.4. The van der Waals surface area contributed by atoms with Gasteiger partial charge >= 0.3 is 0 Å². The average Bonchev–Trinajstić information content (AvgIpc) is 3.49. The number of thiophene rings is 1. The lowest BCUT2D eigenvalue weighted by molar-refractivity contribution is -0.113. The molecular formula is C25H30N6O2S2. The maximum absolute atomic E-state index is 13.1. The molecular weight excluding hydrogens is 480 g/mol. The predicted octanol–water partition coefficient (Wildman–Crippen LogP) is 4.99. The third-order valence-electron chi connectivity index (χ3n) is 6.03. The molecule has 0 aliphatic rings. The van der Waals surface area contributed by atoms with Crippen LogP contribution < -0.4 is 10.9 Å². The van der Waals surface area contributed by atoms with Crippen LogP contribution in [0.25, 0.3) is 17.1 Å². The Morgan fingerprint density at radius 2 is 1.89 bits per heavy atom. The Hall–Kier alpha value is -3.11. The Morgan fingerprint density at radius 1 is 1.17 bits per heavy atom. The lowest BCUT2D eigenvalue weighted by Gasteiger charge is -2.14. The summed E-state index contributed by atoms with van der Waals surface area (Å²) >= 11 is 3.04. The summed E-state index contributed by atoms with van der Waals surface area (Å²) < 4.78 is 5.37. The number of nitrogens with zero attached hydrogens (tertiary/aromatic N) is 5. The number of rotatable bonds is 8. The highest BCUT2D eigenvalue weighted by molar-refractivity contribution is 7.99. The van der Waals surface area contributed by atoms with E-state index in [2.05, 4.69) is 53.2 Å². The number of benzene rings is 1. The zero-order valence-electron chi connectivity index (χ0n) is 20.8. The zero-order chi connectivity index (χ0) is 25.3. The van der Waals surface area contributed by atoms with Gasteiger partial charge in [-0.25, -0.2) is 4.68 Å². The van der Waals surface area contributed by atoms with Crippen molar-refractivity contribution in [3.05, 3.63) is 62.2 Å². The van der Waals surface area contributed by atoms with E-state index < -0.39 is 0 Å². The largest absolute Gasteiger partial charge is 0.319 e. The number of hydrogen-bond donors (Lipinski definition) is 1. The molecule has 35 heavy (non-hydrogen) atoms. The molecule has 3 aromatic heterocycles. The van der Waals surface area contributed by atoms with Gasteiger partial charge in [-0.3, -0.25) is 18.8 Å². The minimum Gasteiger partial charge on any atom is -0.319 e. The van der Waals surface area contributed by atoms with Crippen molar-refractivity contribution in [3.63, 3.8) is 0 Å². The number of anilines is 1. The molecule has 184 valence electrons. The second kappa shape index (κ2) is 10.2. The molecule has 4 aromatic rings. The molecule has 0 aliphatic heterocycles. The van der Waals surface area contributed by atoms with Gasteiger partial charge in [0.15, 0.2) is 11.0 Å². The molecule has 0 atom stereocenters. The third-order valence-corrected chi connectivity index (χ3v) is 7.93. The lowest BCUT2D eigenvalue weighted by Crippen LogP contribution is -2.23. The fraction of sp³-hybridized carbons (Fsp3) is 0.360. The summed E-state index contributed by atoms with van der Waals surface area (Å²) in [5.74, 6) is 0.683. The van der Waals surface area contributed by atoms with Gasteiger partial charge in [0, 0.05) is 28.9 Å². The SMILES string of the molecule is CCc1c(-c2nnc(SCC(=O)Nc3c(C)n(C)n(-c4ccccc4)c3=O)n2C(C)C)csc1C. The molecule has 8 nitrogen and oxygen atoms in total. The molecule has 3 heterocycles. The van der Waals surface area contributed by atoms with Crippen LogP contribution in [0.4, 0.5) is 5.69 Å². The lowest BCUT2D eigenvalue weighted by atomic mass is 10.1. The summed E-state index contributed by atoms with van der Waals surface area (Å²) in [6.45, 7) is 10.3. The van der Waals surface area contributed by atoms with Crippen molar-refractivity contribution in [3.8, 4) is 17.1 Å². The number of thioether (sulfide) groups is 1. The molecule has 0 aliphatic carbocycles. The van der Waals surface area contributed by atoms with Crippen molar-refractivity contribution >= 4 is 34.7 Å². The third kappa shape index (κ3) is 4.72. The van der Waals surface area contributed by atoms with Gasteiger partial charge in [0.1, 0.15) is 5.69 Å². The smallest absolute Gasteiger partial charge is 0.295 e. The molecule has 0 radical (unpaired) electrons. The molecule has 0 spiro atoms. The van der Waals surface area contributed by atoms with Crippen molar-refractivity contribution in [2.75, 3.05) is 11.1 Å². The van der Waals surface area contributed by atoms with Crippen LogP contribution in [-0.2, 0) is 18.3 Å². The van der Waals surface area contributed by atoms with Gasteiger partial charge in [-0.2, -0.15) is 0 Å². The van der Waals surface area contributed by atoms with Crippen LogP contribution in [0.1, 0.15) is 42.9 Å². The van der Waals surface area contributed by atoms with Gasteiger partial charge in [0.2, 0.25) is 5.91 Å². The molecule has 0 saturated carbocycles. The molecule has 1 N–H and O–H groups in total. The summed E-state index contributed by atoms with van der Waals surface area (Å²) in [5, 5.41) is 14.5. The first-order chi connectivity index (χ1) is 16.7. The summed E-state index contributed by atoms with van der Waals surface area (Å²) in [6.07, 6.45) is 0.928. The van der Waals surface area contributed by atoms with E-state index in [-0.39, 0.29) is 28.9 Å². The molecule has 1 aromatic carbocycles. The first kappa shape index (κ1) is 25.0. The van der Waals surface area contributed by atoms with Crippen LogP contribution in [0.3, 0.4) is 0 Å². The van der Waals surface area contributed by atoms with Crippen LogP contribution in [0.5, 0.6) is 0 Å². The Labute approximate surface area is 213 Å². The summed E-state index contributed by atoms with van der Waals surface area (Å²) in [6, 6.07) is 9.49. The van der Waals surface area contributed by atoms with E-state index in [4.69, 9.17) is 0 Å². The molecule has 0 saturated heterocycles. The fourth-order valence-corrected chi connectivity index (χ4v) is 5.95. The molecule has 1 amide bonds. The quantitative estimate of drug-likeness (QED) is 0.338. The number of aryl methyl sites for hydroxylation is 1. The minimum atomic E-state index is -0.263. The van der Waals surface area contributed by atoms with Gasteiger partial charge in [-0.05, 0) is 51.8 Å². The van der Waals surface area contributed by atoms with E-state index in [1.807, 2.05) is 37.3 Å². The summed E-state index contributed by atoms with van der Waals surface area (Å²) in [7, 11) is 1.80. The monoisotopic (exact) mass is 510 g/mol. The molecule has 10 heteroatoms. The van der Waals surface area contributed by atoms with Crippen LogP contribution in [0, 0.1) is 13.8 Å². The highest BCUT2D eigenvalue weighted by Gasteiger charge is 2.22. The fourth-order valence-electron chi connectivity index (χ4n) is 4.15. The Balaban J connectivity index is 1.54. The molecule has 0 bridgehead atoms. The minimum absolute atomic E-state index is 0.118. The van der Waals surface area contributed by atoms with Crippen molar-refractivity contribution in [1.29, 1.82) is 0 Å². The number of carbonyl (C=O) groups is 1. The second-order valence-electron chi connectivity index (χ2n) is 8.58. The average molecular weight is 511 g/mol. The highest BCUT2D eigenvalue weighted by Crippen LogP contribution is 2.34. The number of hydrogen-bond acceptors (Lipinski definition) is 6. The Kier molecular flexibility index (Phi) is 7.32. The van der Waals surface area contributed by atoms with Crippen LogP contribution in [-0.4, -0.2) is 35.8 Å². The van der Waals surface area contributed by atoms with Crippen LogP contribution in [0.2, 0.25) is 0 Å².